The number of thiocarbonyl (C=S) groups is 1. The van der Waals surface area contributed by atoms with E-state index in [0.717, 1.165) is 40.4 Å². The number of carbonyl (C=O) groups excluding carboxylic acids is 1. The van der Waals surface area contributed by atoms with E-state index in [0.29, 0.717) is 16.5 Å². The highest BCUT2D eigenvalue weighted by atomic mass is 32.1. The Kier molecular flexibility index (Phi) is 8.10. The number of nitrogens with zero attached hydrogens (tertiary/aromatic N) is 3. The molecule has 218 valence electrons. The van der Waals surface area contributed by atoms with Crippen LogP contribution in [0.4, 0.5) is 11.4 Å². The van der Waals surface area contributed by atoms with Crippen molar-refractivity contribution in [2.45, 2.75) is 60.0 Å². The third kappa shape index (κ3) is 5.51. The molecule has 2 aromatic heterocycles. The van der Waals surface area contributed by atoms with Crippen LogP contribution in [0.2, 0.25) is 0 Å². The van der Waals surface area contributed by atoms with Crippen molar-refractivity contribution in [3.05, 3.63) is 101 Å². The normalized spacial score (nSPS) is 16.8. The molecule has 4 aromatic rings. The maximum absolute atomic E-state index is 12.7. The summed E-state index contributed by atoms with van der Waals surface area (Å²) >= 11 is 5.98. The summed E-state index contributed by atoms with van der Waals surface area (Å²) in [7, 11) is 1.61. The molecule has 2 aromatic carbocycles. The van der Waals surface area contributed by atoms with Crippen LogP contribution in [0.5, 0.6) is 5.75 Å². The van der Waals surface area contributed by atoms with Crippen LogP contribution < -0.4 is 20.3 Å². The summed E-state index contributed by atoms with van der Waals surface area (Å²) in [5.41, 5.74) is 7.72. The predicted octanol–water partition coefficient (Wildman–Crippen LogP) is 7.22. The van der Waals surface area contributed by atoms with E-state index in [1.807, 2.05) is 63.4 Å². The largest absolute Gasteiger partial charge is 0.494 e. The number of amides is 1. The van der Waals surface area contributed by atoms with Gasteiger partial charge >= 0.3 is 0 Å². The number of pyridine rings is 1. The van der Waals surface area contributed by atoms with Gasteiger partial charge in [-0.05, 0) is 86.1 Å². The molecule has 0 radical (unpaired) electrons. The minimum atomic E-state index is -0.537. The van der Waals surface area contributed by atoms with Gasteiger partial charge in [-0.2, -0.15) is 0 Å². The number of rotatable bonds is 7. The highest BCUT2D eigenvalue weighted by molar-refractivity contribution is 7.80. The van der Waals surface area contributed by atoms with Crippen LogP contribution in [0.25, 0.3) is 5.69 Å². The molecule has 1 saturated heterocycles. The first-order valence-corrected chi connectivity index (χ1v) is 14.7. The van der Waals surface area contributed by atoms with Crippen molar-refractivity contribution in [1.82, 2.24) is 14.9 Å². The Bertz CT molecular complexity index is 1610. The van der Waals surface area contributed by atoms with Crippen LogP contribution in [0.3, 0.4) is 0 Å². The second kappa shape index (κ2) is 11.6. The van der Waals surface area contributed by atoms with E-state index in [1.54, 1.807) is 7.11 Å². The van der Waals surface area contributed by atoms with Crippen molar-refractivity contribution in [3.8, 4) is 11.4 Å². The van der Waals surface area contributed by atoms with Gasteiger partial charge in [-0.25, -0.2) is 0 Å². The predicted molar refractivity (Wildman–Crippen MR) is 174 cm³/mol. The molecule has 1 fully saturated rings. The standard InChI is InChI=1S/C34H39N5O2S/c1-8-23-12-14-24(15-13-23)38-21(2)19-26(22(38)3)31-30(28-11-9-10-18-35-28)37-33(42)39(31)25-16-17-27(29(20-25)41-7)36-32(40)34(4,5)6/h9-20,30-31H,8H2,1-7H3,(H,36,40)(H,37,42)/t30-,31-/m0/s1. The molecule has 1 amide bonds. The van der Waals surface area contributed by atoms with Crippen LogP contribution >= 0.6 is 12.2 Å². The molecule has 0 aliphatic carbocycles. The third-order valence-corrected chi connectivity index (χ3v) is 8.20. The summed E-state index contributed by atoms with van der Waals surface area (Å²) in [6.07, 6.45) is 2.82. The number of nitrogens with one attached hydrogen (secondary N) is 2. The molecule has 0 spiro atoms. The second-order valence-electron chi connectivity index (χ2n) is 11.8. The molecule has 42 heavy (non-hydrogen) atoms. The molecule has 3 heterocycles. The highest BCUT2D eigenvalue weighted by Crippen LogP contribution is 2.45. The van der Waals surface area contributed by atoms with Gasteiger partial charge in [0, 0.05) is 40.4 Å². The maximum atomic E-state index is 12.7. The van der Waals surface area contributed by atoms with Gasteiger partial charge in [0.2, 0.25) is 5.91 Å². The zero-order valence-electron chi connectivity index (χ0n) is 25.4. The van der Waals surface area contributed by atoms with E-state index < -0.39 is 5.41 Å². The second-order valence-corrected chi connectivity index (χ2v) is 12.2. The van der Waals surface area contributed by atoms with Crippen LogP contribution in [0, 0.1) is 19.3 Å². The number of hydrogen-bond donors (Lipinski definition) is 2. The monoisotopic (exact) mass is 581 g/mol. The van der Waals surface area contributed by atoms with E-state index in [1.165, 1.54) is 5.56 Å². The van der Waals surface area contributed by atoms with Crippen molar-refractivity contribution in [2.24, 2.45) is 5.41 Å². The van der Waals surface area contributed by atoms with Gasteiger partial charge in [0.1, 0.15) is 5.75 Å². The molecule has 0 bridgehead atoms. The fraction of sp³-hybridized carbons (Fsp3) is 0.324. The van der Waals surface area contributed by atoms with E-state index in [9.17, 15) is 4.79 Å². The minimum absolute atomic E-state index is 0.0839. The number of aryl methyl sites for hydroxylation is 2. The maximum Gasteiger partial charge on any atom is 0.229 e. The van der Waals surface area contributed by atoms with Gasteiger partial charge in [0.15, 0.2) is 5.11 Å². The summed E-state index contributed by atoms with van der Waals surface area (Å²) in [6, 6.07) is 22.4. The average molecular weight is 582 g/mol. The van der Waals surface area contributed by atoms with E-state index >= 15 is 0 Å². The summed E-state index contributed by atoms with van der Waals surface area (Å²) in [4.78, 5) is 19.6. The van der Waals surface area contributed by atoms with Gasteiger partial charge in [-0.1, -0.05) is 45.9 Å². The van der Waals surface area contributed by atoms with Crippen LogP contribution in [-0.4, -0.2) is 27.7 Å². The number of carbonyl (C=O) groups is 1. The minimum Gasteiger partial charge on any atom is -0.494 e. The molecule has 0 unspecified atom stereocenters. The van der Waals surface area contributed by atoms with Crippen molar-refractivity contribution in [2.75, 3.05) is 17.3 Å². The van der Waals surface area contributed by atoms with E-state index in [-0.39, 0.29) is 18.0 Å². The summed E-state index contributed by atoms with van der Waals surface area (Å²) < 4.78 is 8.05. The Hall–Kier alpha value is -4.17. The van der Waals surface area contributed by atoms with Crippen molar-refractivity contribution in [3.63, 3.8) is 0 Å². The van der Waals surface area contributed by atoms with Crippen molar-refractivity contribution < 1.29 is 9.53 Å². The Morgan fingerprint density at radius 3 is 2.38 bits per heavy atom. The van der Waals surface area contributed by atoms with E-state index in [2.05, 4.69) is 71.2 Å². The lowest BCUT2D eigenvalue weighted by Gasteiger charge is -2.29. The molecule has 8 heteroatoms. The van der Waals surface area contributed by atoms with Crippen molar-refractivity contribution in [1.29, 1.82) is 0 Å². The average Bonchev–Trinajstić information content (AvgIpc) is 3.47. The summed E-state index contributed by atoms with van der Waals surface area (Å²) in [6.45, 7) is 12.1. The molecular formula is C34H39N5O2S. The Balaban J connectivity index is 1.61. The van der Waals surface area contributed by atoms with Gasteiger partial charge in [-0.3, -0.25) is 9.78 Å². The summed E-state index contributed by atoms with van der Waals surface area (Å²) in [5.74, 6) is 0.480. The lowest BCUT2D eigenvalue weighted by molar-refractivity contribution is -0.123. The first-order chi connectivity index (χ1) is 20.0. The number of anilines is 2. The van der Waals surface area contributed by atoms with Crippen molar-refractivity contribution >= 4 is 34.6 Å². The molecule has 2 N–H and O–H groups in total. The Labute approximate surface area is 253 Å². The first kappa shape index (κ1) is 29.3. The number of benzene rings is 2. The molecular weight excluding hydrogens is 542 g/mol. The van der Waals surface area contributed by atoms with Gasteiger partial charge in [0.25, 0.3) is 0 Å². The first-order valence-electron chi connectivity index (χ1n) is 14.3. The Morgan fingerprint density at radius 1 is 1.05 bits per heavy atom. The fourth-order valence-electron chi connectivity index (χ4n) is 5.56. The van der Waals surface area contributed by atoms with Gasteiger partial charge in [-0.15, -0.1) is 0 Å². The van der Waals surface area contributed by atoms with Crippen LogP contribution in [0.15, 0.2) is 72.9 Å². The molecule has 1 aliphatic rings. The number of methoxy groups -OCH3 is 1. The molecule has 5 rings (SSSR count). The topological polar surface area (TPSA) is 71.4 Å². The lowest BCUT2D eigenvalue weighted by Crippen LogP contribution is -2.30. The van der Waals surface area contributed by atoms with Gasteiger partial charge < -0.3 is 24.8 Å². The number of ether oxygens (including phenoxy) is 1. The molecule has 2 atom stereocenters. The summed E-state index contributed by atoms with van der Waals surface area (Å²) in [5, 5.41) is 7.17. The molecule has 7 nitrogen and oxygen atoms in total. The van der Waals surface area contributed by atoms with Crippen LogP contribution in [-0.2, 0) is 11.2 Å². The lowest BCUT2D eigenvalue weighted by atomic mass is 9.95. The third-order valence-electron chi connectivity index (χ3n) is 7.88. The van der Waals surface area contributed by atoms with Crippen LogP contribution in [0.1, 0.15) is 68.0 Å². The zero-order chi connectivity index (χ0) is 30.2. The number of hydrogen-bond acceptors (Lipinski definition) is 4. The SMILES string of the molecule is CCc1ccc(-n2c(C)cc([C@H]3[C@H](c4ccccn4)NC(=S)N3c3ccc(NC(=O)C(C)(C)C)c(OC)c3)c2C)cc1. The fourth-order valence-corrected chi connectivity index (χ4v) is 5.90. The zero-order valence-corrected chi connectivity index (χ0v) is 26.2. The molecule has 1 aliphatic heterocycles. The quantitative estimate of drug-likeness (QED) is 0.225. The Morgan fingerprint density at radius 2 is 1.76 bits per heavy atom. The van der Waals surface area contributed by atoms with Gasteiger partial charge in [0.05, 0.1) is 30.6 Å². The van der Waals surface area contributed by atoms with E-state index in [4.69, 9.17) is 21.9 Å². The highest BCUT2D eigenvalue weighted by Gasteiger charge is 2.42. The molecule has 0 saturated carbocycles. The number of aromatic nitrogens is 2. The smallest absolute Gasteiger partial charge is 0.229 e.